The lowest BCUT2D eigenvalue weighted by molar-refractivity contribution is -0.141. The van der Waals surface area contributed by atoms with Crippen LogP contribution in [0.15, 0.2) is 36.5 Å². The van der Waals surface area contributed by atoms with Gasteiger partial charge in [-0.25, -0.2) is 4.98 Å². The molecule has 3 unspecified atom stereocenters. The molecule has 2 saturated heterocycles. The number of hydrogen-bond acceptors (Lipinski definition) is 7. The zero-order valence-corrected chi connectivity index (χ0v) is 23.0. The Hall–Kier alpha value is -3.60. The van der Waals surface area contributed by atoms with Crippen LogP contribution >= 0.6 is 11.3 Å². The maximum Gasteiger partial charge on any atom is 0.287 e. The largest absolute Gasteiger partial charge is 0.368 e. The first-order valence-electron chi connectivity index (χ1n) is 14.0. The number of nitrogens with two attached hydrogens (primary N) is 1. The molecule has 3 heterocycles. The van der Waals surface area contributed by atoms with Crippen molar-refractivity contribution in [2.24, 2.45) is 28.9 Å². The summed E-state index contributed by atoms with van der Waals surface area (Å²) in [6.07, 6.45) is 5.95. The molecule has 1 aromatic carbocycles. The van der Waals surface area contributed by atoms with Crippen molar-refractivity contribution in [1.29, 1.82) is 0 Å². The zero-order chi connectivity index (χ0) is 28.0. The summed E-state index contributed by atoms with van der Waals surface area (Å²) in [5.74, 6) is -3.10. The average molecular weight is 564 g/mol. The number of ketones is 1. The highest BCUT2D eigenvalue weighted by Gasteiger charge is 2.62. The Labute approximate surface area is 236 Å². The van der Waals surface area contributed by atoms with E-state index in [9.17, 15) is 24.0 Å². The number of Topliss-reactive ketones (excluding diaryl/α,β-unsaturated/α-hetero) is 1. The summed E-state index contributed by atoms with van der Waals surface area (Å²) in [6, 6.07) is 8.88. The Morgan fingerprint density at radius 3 is 2.60 bits per heavy atom. The predicted molar refractivity (Wildman–Crippen MR) is 147 cm³/mol. The number of likely N-dealkylation sites (tertiary alicyclic amines) is 1. The number of nitrogens with zero attached hydrogens (tertiary/aromatic N) is 2. The van der Waals surface area contributed by atoms with Gasteiger partial charge < -0.3 is 21.3 Å². The first kappa shape index (κ1) is 26.6. The van der Waals surface area contributed by atoms with Gasteiger partial charge in [-0.1, -0.05) is 30.3 Å². The van der Waals surface area contributed by atoms with Gasteiger partial charge in [0.1, 0.15) is 6.04 Å². The fourth-order valence-electron chi connectivity index (χ4n) is 6.58. The lowest BCUT2D eigenvalue weighted by atomic mass is 9.78. The van der Waals surface area contributed by atoms with Gasteiger partial charge in [0.05, 0.1) is 4.88 Å². The van der Waals surface area contributed by atoms with Crippen LogP contribution in [0.4, 0.5) is 0 Å². The number of thiazole rings is 1. The molecule has 10 nitrogen and oxygen atoms in total. The first-order chi connectivity index (χ1) is 19.3. The molecule has 210 valence electrons. The quantitative estimate of drug-likeness (QED) is 0.397. The van der Waals surface area contributed by atoms with Crippen LogP contribution in [0.25, 0.3) is 10.4 Å². The minimum Gasteiger partial charge on any atom is -0.368 e. The number of carbonyl (C=O) groups excluding carboxylic acids is 5. The van der Waals surface area contributed by atoms with Crippen LogP contribution in [-0.4, -0.2) is 64.5 Å². The topological polar surface area (TPSA) is 152 Å². The Balaban J connectivity index is 1.18. The molecular weight excluding hydrogens is 530 g/mol. The van der Waals surface area contributed by atoms with Crippen LogP contribution in [0.2, 0.25) is 0 Å². The van der Waals surface area contributed by atoms with Crippen LogP contribution in [0.3, 0.4) is 0 Å². The molecule has 0 bridgehead atoms. The maximum absolute atomic E-state index is 13.5. The van der Waals surface area contributed by atoms with Crippen LogP contribution < -0.4 is 16.4 Å². The third-order valence-corrected chi connectivity index (χ3v) is 10.1. The molecule has 2 aromatic rings. The van der Waals surface area contributed by atoms with Crippen molar-refractivity contribution in [2.45, 2.75) is 57.0 Å². The van der Waals surface area contributed by atoms with Crippen molar-refractivity contribution in [1.82, 2.24) is 20.5 Å². The Kier molecular flexibility index (Phi) is 6.93. The van der Waals surface area contributed by atoms with Crippen molar-refractivity contribution in [2.75, 3.05) is 13.1 Å². The molecule has 2 saturated carbocycles. The molecule has 6 rings (SSSR count). The monoisotopic (exact) mass is 563 g/mol. The number of amides is 4. The third-order valence-electron chi connectivity index (χ3n) is 9.08. The summed E-state index contributed by atoms with van der Waals surface area (Å²) >= 11 is 1.28. The number of nitrogens with one attached hydrogen (secondary N) is 2. The van der Waals surface area contributed by atoms with Gasteiger partial charge in [-0.15, -0.1) is 11.3 Å². The second-order valence-corrected chi connectivity index (χ2v) is 12.7. The zero-order valence-electron chi connectivity index (χ0n) is 22.1. The van der Waals surface area contributed by atoms with Crippen molar-refractivity contribution < 1.29 is 24.0 Å². The normalized spacial score (nSPS) is 28.1. The molecule has 4 aliphatic rings. The number of aromatic nitrogens is 1. The van der Waals surface area contributed by atoms with E-state index in [1.807, 2.05) is 30.3 Å². The lowest BCUT2D eigenvalue weighted by Gasteiger charge is -2.39. The Morgan fingerprint density at radius 2 is 1.93 bits per heavy atom. The molecule has 4 amide bonds. The van der Waals surface area contributed by atoms with Gasteiger partial charge in [0.25, 0.3) is 11.8 Å². The van der Waals surface area contributed by atoms with E-state index in [1.165, 1.54) is 16.2 Å². The van der Waals surface area contributed by atoms with Crippen molar-refractivity contribution >= 4 is 40.7 Å². The molecule has 2 aliphatic heterocycles. The molecule has 2 aliphatic carbocycles. The first-order valence-corrected chi connectivity index (χ1v) is 14.8. The van der Waals surface area contributed by atoms with E-state index < -0.39 is 29.6 Å². The molecule has 5 atom stereocenters. The van der Waals surface area contributed by atoms with E-state index >= 15 is 0 Å². The molecule has 40 heavy (non-hydrogen) atoms. The van der Waals surface area contributed by atoms with Gasteiger partial charge in [0, 0.05) is 37.2 Å². The average Bonchev–Trinajstić information content (AvgIpc) is 3.78. The predicted octanol–water partition coefficient (Wildman–Crippen LogP) is 1.90. The van der Waals surface area contributed by atoms with Crippen LogP contribution in [0.1, 0.15) is 54.7 Å². The highest BCUT2D eigenvalue weighted by molar-refractivity contribution is 7.17. The van der Waals surface area contributed by atoms with Crippen LogP contribution in [-0.2, 0) is 19.2 Å². The molecule has 4 N–H and O–H groups in total. The number of piperidine rings is 1. The van der Waals surface area contributed by atoms with E-state index in [-0.39, 0.29) is 35.1 Å². The van der Waals surface area contributed by atoms with E-state index in [0.29, 0.717) is 50.2 Å². The second-order valence-electron chi connectivity index (χ2n) is 11.7. The number of rotatable bonds is 9. The number of hydrogen-bond donors (Lipinski definition) is 3. The summed E-state index contributed by atoms with van der Waals surface area (Å²) in [5, 5.41) is 5.92. The van der Waals surface area contributed by atoms with Crippen molar-refractivity contribution in [3.05, 3.63) is 41.5 Å². The number of benzene rings is 1. The fourth-order valence-corrected chi connectivity index (χ4v) is 7.46. The third kappa shape index (κ3) is 5.14. The summed E-state index contributed by atoms with van der Waals surface area (Å²) in [7, 11) is 0. The van der Waals surface area contributed by atoms with Gasteiger partial charge in [-0.3, -0.25) is 24.0 Å². The number of primary amides is 1. The van der Waals surface area contributed by atoms with Gasteiger partial charge in [-0.05, 0) is 61.8 Å². The minimum atomic E-state index is -0.832. The van der Waals surface area contributed by atoms with E-state index in [4.69, 9.17) is 5.73 Å². The summed E-state index contributed by atoms with van der Waals surface area (Å²) in [4.78, 5) is 71.4. The molecular formula is C29H33N5O5S. The maximum atomic E-state index is 13.5. The van der Waals surface area contributed by atoms with Crippen LogP contribution in [0.5, 0.6) is 0 Å². The second kappa shape index (κ2) is 10.4. The van der Waals surface area contributed by atoms with Crippen molar-refractivity contribution in [3.63, 3.8) is 0 Å². The fraction of sp³-hybridized carbons (Fsp3) is 0.517. The standard InChI is InChI=1S/C29H33N5O5S/c30-24(36)21-14-29(9-11-34(21)28(39)27-32-15-22(40-27)16-4-2-1-3-5-16)13-20(29)19(12-17-8-10-31-25(17)37)23(35)26(38)33-18-6-7-18/h1-5,15,17-21H,6-14H2,(H2,30,36)(H,31,37)(H,33,38)/t17-,19+,20?,21?,29?/m1/s1. The SMILES string of the molecule is NC(=O)C1CC2(CCN1C(=O)c1ncc(-c3ccccc3)s1)CC2[C@H](C[C@H]1CCNC1=O)C(=O)C(=O)NC1CC1. The van der Waals surface area contributed by atoms with E-state index in [2.05, 4.69) is 15.6 Å². The van der Waals surface area contributed by atoms with E-state index in [0.717, 1.165) is 23.3 Å². The molecule has 0 radical (unpaired) electrons. The molecule has 4 fully saturated rings. The molecule has 1 spiro atoms. The minimum absolute atomic E-state index is 0.0572. The number of carbonyl (C=O) groups is 5. The van der Waals surface area contributed by atoms with Gasteiger partial charge >= 0.3 is 0 Å². The lowest BCUT2D eigenvalue weighted by Crippen LogP contribution is -2.53. The summed E-state index contributed by atoms with van der Waals surface area (Å²) in [6.45, 7) is 0.875. The van der Waals surface area contributed by atoms with Gasteiger partial charge in [-0.2, -0.15) is 0 Å². The highest BCUT2D eigenvalue weighted by atomic mass is 32.1. The van der Waals surface area contributed by atoms with Crippen LogP contribution in [0, 0.1) is 23.2 Å². The summed E-state index contributed by atoms with van der Waals surface area (Å²) < 4.78 is 0. The highest BCUT2D eigenvalue weighted by Crippen LogP contribution is 2.64. The smallest absolute Gasteiger partial charge is 0.287 e. The Bertz CT molecular complexity index is 1360. The summed E-state index contributed by atoms with van der Waals surface area (Å²) in [5.41, 5.74) is 6.41. The van der Waals surface area contributed by atoms with Gasteiger partial charge in [0.2, 0.25) is 17.6 Å². The van der Waals surface area contributed by atoms with E-state index in [1.54, 1.807) is 6.20 Å². The molecule has 1 aromatic heterocycles. The molecule has 11 heteroatoms. The van der Waals surface area contributed by atoms with Gasteiger partial charge in [0.15, 0.2) is 5.01 Å². The Morgan fingerprint density at radius 1 is 1.15 bits per heavy atom. The van der Waals surface area contributed by atoms with Crippen molar-refractivity contribution in [3.8, 4) is 10.4 Å².